The van der Waals surface area contributed by atoms with Crippen molar-refractivity contribution in [2.24, 2.45) is 0 Å². The number of benzene rings is 1. The maximum atomic E-state index is 6.07. The van der Waals surface area contributed by atoms with Crippen molar-refractivity contribution in [2.75, 3.05) is 25.0 Å². The Morgan fingerprint density at radius 3 is 3.10 bits per heavy atom. The summed E-state index contributed by atoms with van der Waals surface area (Å²) in [5.74, 6) is 1.01. The largest absolute Gasteiger partial charge is 0.492 e. The highest BCUT2D eigenvalue weighted by Gasteiger charge is 2.25. The third kappa shape index (κ3) is 2.93. The normalized spacial score (nSPS) is 22.6. The molecule has 3 heteroatoms. The molecule has 2 aliphatic rings. The van der Waals surface area contributed by atoms with Gasteiger partial charge in [-0.05, 0) is 51.3 Å². The second-order valence-corrected chi connectivity index (χ2v) is 6.29. The highest BCUT2D eigenvalue weighted by atomic mass is 16.5. The van der Waals surface area contributed by atoms with Crippen molar-refractivity contribution in [3.63, 3.8) is 0 Å². The van der Waals surface area contributed by atoms with E-state index in [1.165, 1.54) is 37.1 Å². The van der Waals surface area contributed by atoms with Crippen LogP contribution in [0.3, 0.4) is 0 Å². The Labute approximate surface area is 122 Å². The summed E-state index contributed by atoms with van der Waals surface area (Å²) in [5, 5.41) is 3.42. The zero-order valence-electron chi connectivity index (χ0n) is 12.7. The molecule has 0 spiro atoms. The first kappa shape index (κ1) is 13.7. The first-order valence-corrected chi connectivity index (χ1v) is 7.99. The Morgan fingerprint density at radius 2 is 2.25 bits per heavy atom. The van der Waals surface area contributed by atoms with E-state index in [4.69, 9.17) is 4.74 Å². The molecule has 1 fully saturated rings. The van der Waals surface area contributed by atoms with Gasteiger partial charge in [0.25, 0.3) is 0 Å². The zero-order valence-corrected chi connectivity index (χ0v) is 12.7. The van der Waals surface area contributed by atoms with Crippen molar-refractivity contribution < 1.29 is 4.74 Å². The summed E-state index contributed by atoms with van der Waals surface area (Å²) in [6.45, 7) is 7.67. The minimum atomic E-state index is 0.574. The molecule has 0 aromatic heterocycles. The number of hydrogen-bond donors (Lipinski definition) is 1. The van der Waals surface area contributed by atoms with Gasteiger partial charge < -0.3 is 10.1 Å². The molecule has 20 heavy (non-hydrogen) atoms. The SMILES string of the molecule is CC(C)N1CCCCC1COc1ccc2c(c1)NCC2. The Kier molecular flexibility index (Phi) is 4.16. The van der Waals surface area contributed by atoms with Gasteiger partial charge in [-0.15, -0.1) is 0 Å². The van der Waals surface area contributed by atoms with Crippen LogP contribution in [0.5, 0.6) is 5.75 Å². The van der Waals surface area contributed by atoms with Crippen LogP contribution in [0.4, 0.5) is 5.69 Å². The fraction of sp³-hybridized carbons (Fsp3) is 0.647. The first-order chi connectivity index (χ1) is 9.74. The van der Waals surface area contributed by atoms with Crippen LogP contribution in [0, 0.1) is 0 Å². The number of nitrogens with one attached hydrogen (secondary N) is 1. The molecule has 0 saturated carbocycles. The first-order valence-electron chi connectivity index (χ1n) is 7.99. The highest BCUT2D eigenvalue weighted by molar-refractivity contribution is 5.58. The Bertz CT molecular complexity index is 458. The van der Waals surface area contributed by atoms with Crippen molar-refractivity contribution in [1.82, 2.24) is 4.90 Å². The highest BCUT2D eigenvalue weighted by Crippen LogP contribution is 2.27. The summed E-state index contributed by atoms with van der Waals surface area (Å²) in [6, 6.07) is 7.67. The molecular formula is C17H26N2O. The summed E-state index contributed by atoms with van der Waals surface area (Å²) < 4.78 is 6.07. The van der Waals surface area contributed by atoms with E-state index in [0.717, 1.165) is 25.3 Å². The number of hydrogen-bond acceptors (Lipinski definition) is 3. The molecule has 0 radical (unpaired) electrons. The van der Waals surface area contributed by atoms with E-state index in [2.05, 4.69) is 42.3 Å². The fourth-order valence-corrected chi connectivity index (χ4v) is 3.43. The summed E-state index contributed by atoms with van der Waals surface area (Å²) in [7, 11) is 0. The fourth-order valence-electron chi connectivity index (χ4n) is 3.43. The predicted molar refractivity (Wildman–Crippen MR) is 83.6 cm³/mol. The van der Waals surface area contributed by atoms with Gasteiger partial charge in [0.15, 0.2) is 0 Å². The molecule has 1 saturated heterocycles. The smallest absolute Gasteiger partial charge is 0.121 e. The molecule has 3 rings (SSSR count). The molecule has 110 valence electrons. The summed E-state index contributed by atoms with van der Waals surface area (Å²) >= 11 is 0. The number of piperidine rings is 1. The molecule has 0 bridgehead atoms. The predicted octanol–water partition coefficient (Wildman–Crippen LogP) is 3.30. The molecule has 1 unspecified atom stereocenters. The maximum absolute atomic E-state index is 6.07. The number of fused-ring (bicyclic) bond motifs is 1. The van der Waals surface area contributed by atoms with Crippen molar-refractivity contribution >= 4 is 5.69 Å². The van der Waals surface area contributed by atoms with E-state index in [-0.39, 0.29) is 0 Å². The van der Waals surface area contributed by atoms with Crippen molar-refractivity contribution in [3.05, 3.63) is 23.8 Å². The minimum absolute atomic E-state index is 0.574. The van der Waals surface area contributed by atoms with Gasteiger partial charge in [-0.1, -0.05) is 12.5 Å². The lowest BCUT2D eigenvalue weighted by Gasteiger charge is -2.38. The number of ether oxygens (including phenoxy) is 1. The molecule has 3 nitrogen and oxygen atoms in total. The molecule has 1 aromatic carbocycles. The van der Waals surface area contributed by atoms with Crippen LogP contribution in [0.25, 0.3) is 0 Å². The van der Waals surface area contributed by atoms with Gasteiger partial charge in [0, 0.05) is 30.4 Å². The monoisotopic (exact) mass is 274 g/mol. The van der Waals surface area contributed by atoms with Crippen LogP contribution in [0.1, 0.15) is 38.7 Å². The summed E-state index contributed by atoms with van der Waals surface area (Å²) in [6.07, 6.45) is 5.07. The van der Waals surface area contributed by atoms with E-state index >= 15 is 0 Å². The lowest BCUT2D eigenvalue weighted by atomic mass is 10.0. The van der Waals surface area contributed by atoms with Crippen molar-refractivity contribution in [3.8, 4) is 5.75 Å². The van der Waals surface area contributed by atoms with Crippen LogP contribution >= 0.6 is 0 Å². The van der Waals surface area contributed by atoms with Gasteiger partial charge in [0.1, 0.15) is 12.4 Å². The van der Waals surface area contributed by atoms with Gasteiger partial charge in [0.05, 0.1) is 0 Å². The zero-order chi connectivity index (χ0) is 13.9. The molecule has 0 amide bonds. The number of rotatable bonds is 4. The van der Waals surface area contributed by atoms with Crippen LogP contribution < -0.4 is 10.1 Å². The van der Waals surface area contributed by atoms with Crippen molar-refractivity contribution in [2.45, 2.75) is 51.6 Å². The Hall–Kier alpha value is -1.22. The van der Waals surface area contributed by atoms with Gasteiger partial charge in [-0.3, -0.25) is 4.90 Å². The van der Waals surface area contributed by atoms with E-state index < -0.39 is 0 Å². The average molecular weight is 274 g/mol. The number of anilines is 1. The van der Waals surface area contributed by atoms with Gasteiger partial charge in [-0.25, -0.2) is 0 Å². The van der Waals surface area contributed by atoms with Gasteiger partial charge in [0.2, 0.25) is 0 Å². The third-order valence-corrected chi connectivity index (χ3v) is 4.57. The van der Waals surface area contributed by atoms with Crippen LogP contribution in [-0.2, 0) is 6.42 Å². The minimum Gasteiger partial charge on any atom is -0.492 e. The van der Waals surface area contributed by atoms with E-state index in [9.17, 15) is 0 Å². The molecule has 2 heterocycles. The Morgan fingerprint density at radius 1 is 1.35 bits per heavy atom. The molecule has 1 atom stereocenters. The lowest BCUT2D eigenvalue weighted by Crippen LogP contribution is -2.46. The molecule has 1 aromatic rings. The van der Waals surface area contributed by atoms with E-state index in [1.54, 1.807) is 0 Å². The van der Waals surface area contributed by atoms with Crippen LogP contribution in [0.15, 0.2) is 18.2 Å². The van der Waals surface area contributed by atoms with E-state index in [0.29, 0.717) is 12.1 Å². The number of nitrogens with zero attached hydrogens (tertiary/aromatic N) is 1. The van der Waals surface area contributed by atoms with Crippen LogP contribution in [0.2, 0.25) is 0 Å². The summed E-state index contributed by atoms with van der Waals surface area (Å²) in [5.41, 5.74) is 2.67. The Balaban J connectivity index is 1.60. The summed E-state index contributed by atoms with van der Waals surface area (Å²) in [4.78, 5) is 2.59. The lowest BCUT2D eigenvalue weighted by molar-refractivity contribution is 0.0733. The molecule has 1 N–H and O–H groups in total. The van der Waals surface area contributed by atoms with Gasteiger partial charge in [-0.2, -0.15) is 0 Å². The average Bonchev–Trinajstić information content (AvgIpc) is 2.92. The molecular weight excluding hydrogens is 248 g/mol. The standard InChI is InChI=1S/C17H26N2O/c1-13(2)19-10-4-3-5-15(19)12-20-16-7-6-14-8-9-18-17(14)11-16/h6-7,11,13,15,18H,3-5,8-10,12H2,1-2H3. The second-order valence-electron chi connectivity index (χ2n) is 6.29. The van der Waals surface area contributed by atoms with Crippen molar-refractivity contribution in [1.29, 1.82) is 0 Å². The molecule has 2 aliphatic heterocycles. The second kappa shape index (κ2) is 6.04. The maximum Gasteiger partial charge on any atom is 0.121 e. The number of likely N-dealkylation sites (tertiary alicyclic amines) is 1. The third-order valence-electron chi connectivity index (χ3n) is 4.57. The van der Waals surface area contributed by atoms with E-state index in [1.807, 2.05) is 0 Å². The molecule has 0 aliphatic carbocycles. The van der Waals surface area contributed by atoms with Crippen LogP contribution in [-0.4, -0.2) is 36.7 Å². The topological polar surface area (TPSA) is 24.5 Å². The quantitative estimate of drug-likeness (QED) is 0.911. The van der Waals surface area contributed by atoms with Gasteiger partial charge >= 0.3 is 0 Å².